The molecule has 1 N–H and O–H groups in total. The fraction of sp³-hybridized carbons (Fsp3) is 0.346. The topological polar surface area (TPSA) is 81.8 Å². The number of amides is 2. The highest BCUT2D eigenvalue weighted by Gasteiger charge is 2.32. The van der Waals surface area contributed by atoms with Gasteiger partial charge in [0.05, 0.1) is 17.8 Å². The Hall–Kier alpha value is -3.49. The van der Waals surface area contributed by atoms with Gasteiger partial charge in [-0.2, -0.15) is 5.10 Å². The number of hydrogen-bond donors (Lipinski definition) is 1. The maximum Gasteiger partial charge on any atom is 0.253 e. The van der Waals surface area contributed by atoms with Crippen LogP contribution in [-0.4, -0.2) is 95.7 Å². The third kappa shape index (κ3) is 4.73. The predicted octanol–water partition coefficient (Wildman–Crippen LogP) is 2.35. The molecule has 0 aliphatic carbocycles. The Balaban J connectivity index is 1.17. The number of carbonyl (C=O) groups is 2. The summed E-state index contributed by atoms with van der Waals surface area (Å²) in [6.07, 6.45) is 3.56. The van der Waals surface area contributed by atoms with E-state index in [0.717, 1.165) is 28.7 Å². The molecule has 5 rings (SSSR count). The quantitative estimate of drug-likeness (QED) is 0.648. The second-order valence-electron chi connectivity index (χ2n) is 8.85. The lowest BCUT2D eigenvalue weighted by molar-refractivity contribution is -0.150. The summed E-state index contributed by atoms with van der Waals surface area (Å²) in [7, 11) is 2.00. The lowest BCUT2D eigenvalue weighted by atomic mass is 10.1. The molecule has 2 amide bonds. The van der Waals surface area contributed by atoms with E-state index in [1.165, 1.54) is 0 Å². The first kappa shape index (κ1) is 22.3. The number of para-hydroxylation sites is 1. The Morgan fingerprint density at radius 2 is 1.71 bits per heavy atom. The normalized spacial score (nSPS) is 19.7. The molecule has 0 spiro atoms. The van der Waals surface area contributed by atoms with Crippen LogP contribution >= 0.6 is 0 Å². The summed E-state index contributed by atoms with van der Waals surface area (Å²) in [4.78, 5) is 31.5. The number of fused-ring (bicyclic) bond motifs is 1. The van der Waals surface area contributed by atoms with E-state index in [9.17, 15) is 9.59 Å². The number of morpholine rings is 1. The number of rotatable bonds is 4. The van der Waals surface area contributed by atoms with Crippen molar-refractivity contribution in [2.75, 3.05) is 52.9 Å². The lowest BCUT2D eigenvalue weighted by Gasteiger charge is -2.38. The van der Waals surface area contributed by atoms with E-state index in [1.54, 1.807) is 0 Å². The molecule has 1 atom stereocenters. The standard InChI is InChI=1S/C26H29N5O3/c1-29-16-17-34-24(18-29)26(33)31-14-12-30(13-15-31)25(32)20-9-6-19(7-10-20)8-11-23-21-4-2-3-5-22(21)27-28-23/h2-11,24H,12-18H2,1H3,(H,27,28). The van der Waals surface area contributed by atoms with Gasteiger partial charge in [0, 0.05) is 50.2 Å². The number of likely N-dealkylation sites (N-methyl/N-ethyl adjacent to an activating group) is 1. The zero-order valence-electron chi connectivity index (χ0n) is 19.3. The van der Waals surface area contributed by atoms with Crippen LogP contribution < -0.4 is 0 Å². The van der Waals surface area contributed by atoms with Crippen LogP contribution in [0.2, 0.25) is 0 Å². The largest absolute Gasteiger partial charge is 0.366 e. The van der Waals surface area contributed by atoms with Crippen LogP contribution in [0.15, 0.2) is 48.5 Å². The number of aromatic nitrogens is 2. The second-order valence-corrected chi connectivity index (χ2v) is 8.85. The number of nitrogens with one attached hydrogen (secondary N) is 1. The lowest BCUT2D eigenvalue weighted by Crippen LogP contribution is -2.56. The molecule has 0 radical (unpaired) electrons. The van der Waals surface area contributed by atoms with Crippen molar-refractivity contribution in [2.24, 2.45) is 0 Å². The molecule has 2 fully saturated rings. The number of nitrogens with zero attached hydrogens (tertiary/aromatic N) is 4. The molecule has 3 aromatic rings. The van der Waals surface area contributed by atoms with Gasteiger partial charge in [0.15, 0.2) is 0 Å². The first-order valence-electron chi connectivity index (χ1n) is 11.7. The van der Waals surface area contributed by atoms with Gasteiger partial charge in [0.2, 0.25) is 0 Å². The molecule has 2 aromatic carbocycles. The second kappa shape index (κ2) is 9.79. The first-order chi connectivity index (χ1) is 16.6. The molecule has 2 aliphatic rings. The minimum absolute atomic E-state index is 0.00502. The summed E-state index contributed by atoms with van der Waals surface area (Å²) >= 11 is 0. The molecule has 2 aliphatic heterocycles. The summed E-state index contributed by atoms with van der Waals surface area (Å²) in [6.45, 7) is 4.17. The zero-order chi connectivity index (χ0) is 23.5. The van der Waals surface area contributed by atoms with Crippen molar-refractivity contribution in [1.29, 1.82) is 0 Å². The number of ether oxygens (including phenoxy) is 1. The molecule has 3 heterocycles. The van der Waals surface area contributed by atoms with Gasteiger partial charge in [-0.1, -0.05) is 36.4 Å². The molecule has 1 unspecified atom stereocenters. The van der Waals surface area contributed by atoms with Crippen LogP contribution in [0, 0.1) is 0 Å². The van der Waals surface area contributed by atoms with Gasteiger partial charge in [-0.25, -0.2) is 0 Å². The maximum atomic E-state index is 13.0. The fourth-order valence-corrected chi connectivity index (χ4v) is 4.47. The van der Waals surface area contributed by atoms with Gasteiger partial charge in [0.25, 0.3) is 11.8 Å². The van der Waals surface area contributed by atoms with Crippen molar-refractivity contribution in [3.8, 4) is 0 Å². The average Bonchev–Trinajstić information content (AvgIpc) is 3.30. The van der Waals surface area contributed by atoms with Crippen molar-refractivity contribution < 1.29 is 14.3 Å². The molecular formula is C26H29N5O3. The fourth-order valence-electron chi connectivity index (χ4n) is 4.47. The summed E-state index contributed by atoms with van der Waals surface area (Å²) in [5, 5.41) is 8.46. The summed E-state index contributed by atoms with van der Waals surface area (Å²) < 4.78 is 5.66. The van der Waals surface area contributed by atoms with Crippen molar-refractivity contribution in [1.82, 2.24) is 24.9 Å². The molecule has 2 saturated heterocycles. The maximum absolute atomic E-state index is 13.0. The minimum atomic E-state index is -0.402. The zero-order valence-corrected chi connectivity index (χ0v) is 19.3. The smallest absolute Gasteiger partial charge is 0.253 e. The van der Waals surface area contributed by atoms with Crippen molar-refractivity contribution in [3.05, 3.63) is 65.4 Å². The summed E-state index contributed by atoms with van der Waals surface area (Å²) in [6, 6.07) is 15.6. The Labute approximate surface area is 198 Å². The first-order valence-corrected chi connectivity index (χ1v) is 11.7. The number of hydrogen-bond acceptors (Lipinski definition) is 5. The van der Waals surface area contributed by atoms with Crippen LogP contribution in [0.25, 0.3) is 23.1 Å². The van der Waals surface area contributed by atoms with Crippen LogP contribution in [0.1, 0.15) is 21.6 Å². The summed E-state index contributed by atoms with van der Waals surface area (Å²) in [5.41, 5.74) is 3.54. The molecule has 34 heavy (non-hydrogen) atoms. The molecular weight excluding hydrogens is 430 g/mol. The van der Waals surface area contributed by atoms with Crippen LogP contribution in [0.3, 0.4) is 0 Å². The van der Waals surface area contributed by atoms with Gasteiger partial charge >= 0.3 is 0 Å². The highest BCUT2D eigenvalue weighted by atomic mass is 16.5. The van der Waals surface area contributed by atoms with Crippen LogP contribution in [0.5, 0.6) is 0 Å². The van der Waals surface area contributed by atoms with Crippen molar-refractivity contribution in [3.63, 3.8) is 0 Å². The Kier molecular flexibility index (Phi) is 6.42. The van der Waals surface area contributed by atoms with Gasteiger partial charge < -0.3 is 19.4 Å². The SMILES string of the molecule is CN1CCOC(C(=O)N2CCN(C(=O)c3ccc(C=Cc4n[nH]c5ccccc45)cc3)CC2)C1. The Morgan fingerprint density at radius 1 is 0.971 bits per heavy atom. The molecule has 8 heteroatoms. The van der Waals surface area contributed by atoms with Gasteiger partial charge in [0.1, 0.15) is 6.10 Å². The number of H-pyrrole nitrogens is 1. The van der Waals surface area contributed by atoms with E-state index in [1.807, 2.05) is 77.5 Å². The van der Waals surface area contributed by atoms with E-state index in [0.29, 0.717) is 44.9 Å². The molecule has 176 valence electrons. The molecule has 0 saturated carbocycles. The number of carbonyl (C=O) groups excluding carboxylic acids is 2. The van der Waals surface area contributed by atoms with E-state index in [2.05, 4.69) is 15.1 Å². The molecule has 1 aromatic heterocycles. The van der Waals surface area contributed by atoms with E-state index in [4.69, 9.17) is 4.74 Å². The highest BCUT2D eigenvalue weighted by Crippen LogP contribution is 2.18. The van der Waals surface area contributed by atoms with E-state index >= 15 is 0 Å². The Morgan fingerprint density at radius 3 is 2.47 bits per heavy atom. The predicted molar refractivity (Wildman–Crippen MR) is 131 cm³/mol. The van der Waals surface area contributed by atoms with E-state index in [-0.39, 0.29) is 11.8 Å². The third-order valence-electron chi connectivity index (χ3n) is 6.51. The van der Waals surface area contributed by atoms with Gasteiger partial charge in [-0.05, 0) is 36.9 Å². The Bertz CT molecular complexity index is 1190. The van der Waals surface area contributed by atoms with Crippen molar-refractivity contribution in [2.45, 2.75) is 6.10 Å². The average molecular weight is 460 g/mol. The summed E-state index contributed by atoms with van der Waals surface area (Å²) in [5.74, 6) is 0.0223. The molecule has 0 bridgehead atoms. The number of aromatic amines is 1. The van der Waals surface area contributed by atoms with E-state index < -0.39 is 6.10 Å². The van der Waals surface area contributed by atoms with Crippen LogP contribution in [0.4, 0.5) is 0 Å². The minimum Gasteiger partial charge on any atom is -0.366 e. The highest BCUT2D eigenvalue weighted by molar-refractivity contribution is 5.95. The monoisotopic (exact) mass is 459 g/mol. The number of piperazine rings is 1. The van der Waals surface area contributed by atoms with Crippen molar-refractivity contribution >= 4 is 34.9 Å². The van der Waals surface area contributed by atoms with Gasteiger partial charge in [-0.15, -0.1) is 0 Å². The van der Waals surface area contributed by atoms with Gasteiger partial charge in [-0.3, -0.25) is 14.7 Å². The van der Waals surface area contributed by atoms with Crippen LogP contribution in [-0.2, 0) is 9.53 Å². The third-order valence-corrected chi connectivity index (χ3v) is 6.51. The number of benzene rings is 2. The molecule has 8 nitrogen and oxygen atoms in total.